The van der Waals surface area contributed by atoms with Gasteiger partial charge >= 0.3 is 0 Å². The van der Waals surface area contributed by atoms with Crippen molar-refractivity contribution in [3.8, 4) is 0 Å². The van der Waals surface area contributed by atoms with E-state index in [0.717, 1.165) is 13.1 Å². The highest BCUT2D eigenvalue weighted by Crippen LogP contribution is 2.13. The molecule has 1 aliphatic rings. The van der Waals surface area contributed by atoms with Gasteiger partial charge in [0.15, 0.2) is 0 Å². The Morgan fingerprint density at radius 3 is 2.09 bits per heavy atom. The Hall–Kier alpha value is -0.640. The summed E-state index contributed by atoms with van der Waals surface area (Å²) in [6, 6.07) is 0.502. The average molecular weight is 157 g/mol. The van der Waals surface area contributed by atoms with Gasteiger partial charge in [-0.25, -0.2) is 0 Å². The molecular weight excluding hydrogens is 142 g/mol. The van der Waals surface area contributed by atoms with Gasteiger partial charge in [-0.1, -0.05) is 0 Å². The molecule has 2 unspecified atom stereocenters. The second-order valence-electron chi connectivity index (χ2n) is 3.38. The van der Waals surface area contributed by atoms with Crippen LogP contribution < -0.4 is 0 Å². The maximum atomic E-state index is 10.3. The first-order valence-electron chi connectivity index (χ1n) is 3.95. The van der Waals surface area contributed by atoms with Crippen molar-refractivity contribution in [3.63, 3.8) is 0 Å². The Morgan fingerprint density at radius 1 is 1.27 bits per heavy atom. The average Bonchev–Trinajstić information content (AvgIpc) is 1.85. The molecule has 1 heterocycles. The lowest BCUT2D eigenvalue weighted by molar-refractivity contribution is 0.0534. The summed E-state index contributed by atoms with van der Waals surface area (Å²) in [6.45, 7) is 5.90. The standard InChI is InChI=1S/C7H15N3O/c1-6-4-9(3)5-7(2)10(6)8-11/h6-7H,4-5H2,1-3H3. The van der Waals surface area contributed by atoms with E-state index in [2.05, 4.69) is 17.2 Å². The van der Waals surface area contributed by atoms with E-state index in [-0.39, 0.29) is 12.1 Å². The summed E-state index contributed by atoms with van der Waals surface area (Å²) in [7, 11) is 2.06. The molecule has 2 atom stereocenters. The molecule has 0 N–H and O–H groups in total. The quantitative estimate of drug-likeness (QED) is 0.525. The van der Waals surface area contributed by atoms with Gasteiger partial charge in [0.2, 0.25) is 0 Å². The molecule has 1 aliphatic heterocycles. The third kappa shape index (κ3) is 1.68. The Labute approximate surface area is 67.1 Å². The number of piperazine rings is 1. The summed E-state index contributed by atoms with van der Waals surface area (Å²) in [6.07, 6.45) is 0. The minimum atomic E-state index is 0.251. The van der Waals surface area contributed by atoms with Crippen molar-refractivity contribution < 1.29 is 0 Å². The molecule has 64 valence electrons. The summed E-state index contributed by atoms with van der Waals surface area (Å²) in [4.78, 5) is 12.6. The van der Waals surface area contributed by atoms with Crippen LogP contribution in [0.4, 0.5) is 0 Å². The van der Waals surface area contributed by atoms with Crippen molar-refractivity contribution in [2.24, 2.45) is 5.29 Å². The second-order valence-corrected chi connectivity index (χ2v) is 3.38. The first-order chi connectivity index (χ1) is 5.15. The van der Waals surface area contributed by atoms with E-state index >= 15 is 0 Å². The lowest BCUT2D eigenvalue weighted by Crippen LogP contribution is -2.52. The third-order valence-electron chi connectivity index (χ3n) is 2.15. The van der Waals surface area contributed by atoms with Gasteiger partial charge < -0.3 is 4.90 Å². The minimum absolute atomic E-state index is 0.251. The number of nitrogens with zero attached hydrogens (tertiary/aromatic N) is 3. The molecule has 1 saturated heterocycles. The number of likely N-dealkylation sites (N-methyl/N-ethyl adjacent to an activating group) is 1. The van der Waals surface area contributed by atoms with E-state index in [0.29, 0.717) is 0 Å². The molecule has 0 aliphatic carbocycles. The summed E-state index contributed by atoms with van der Waals surface area (Å²) in [5.74, 6) is 0. The Morgan fingerprint density at radius 2 is 1.73 bits per heavy atom. The normalized spacial score (nSPS) is 33.9. The number of nitroso groups, excluding NO2 is 1. The molecule has 0 aromatic rings. The van der Waals surface area contributed by atoms with Crippen LogP contribution in [0.3, 0.4) is 0 Å². The fourth-order valence-corrected chi connectivity index (χ4v) is 1.74. The van der Waals surface area contributed by atoms with Gasteiger partial charge in [0.1, 0.15) is 0 Å². The van der Waals surface area contributed by atoms with E-state index in [1.54, 1.807) is 5.01 Å². The van der Waals surface area contributed by atoms with Crippen LogP contribution in [0.2, 0.25) is 0 Å². The molecule has 4 nitrogen and oxygen atoms in total. The molecule has 4 heteroatoms. The first kappa shape index (κ1) is 8.46. The smallest absolute Gasteiger partial charge is 0.0605 e. The lowest BCUT2D eigenvalue weighted by atomic mass is 10.1. The van der Waals surface area contributed by atoms with E-state index in [9.17, 15) is 4.91 Å². The predicted octanol–water partition coefficient (Wildman–Crippen LogP) is 0.692. The van der Waals surface area contributed by atoms with Gasteiger partial charge in [0, 0.05) is 13.1 Å². The molecule has 0 saturated carbocycles. The fraction of sp³-hybridized carbons (Fsp3) is 1.00. The van der Waals surface area contributed by atoms with Crippen LogP contribution in [0.1, 0.15) is 13.8 Å². The van der Waals surface area contributed by atoms with Crippen LogP contribution in [0.5, 0.6) is 0 Å². The molecule has 1 fully saturated rings. The van der Waals surface area contributed by atoms with Crippen LogP contribution in [0, 0.1) is 4.91 Å². The van der Waals surface area contributed by atoms with Crippen molar-refractivity contribution in [2.75, 3.05) is 20.1 Å². The lowest BCUT2D eigenvalue weighted by Gasteiger charge is -2.38. The fourth-order valence-electron chi connectivity index (χ4n) is 1.74. The highest BCUT2D eigenvalue weighted by molar-refractivity contribution is 4.80. The monoisotopic (exact) mass is 157 g/mol. The van der Waals surface area contributed by atoms with Gasteiger partial charge in [-0.2, -0.15) is 0 Å². The van der Waals surface area contributed by atoms with Crippen LogP contribution in [-0.4, -0.2) is 42.1 Å². The molecule has 0 amide bonds. The molecule has 0 spiro atoms. The number of rotatable bonds is 1. The molecule has 1 rings (SSSR count). The summed E-state index contributed by atoms with van der Waals surface area (Å²) < 4.78 is 0. The topological polar surface area (TPSA) is 35.9 Å². The summed E-state index contributed by atoms with van der Waals surface area (Å²) in [5, 5.41) is 4.64. The molecule has 0 aromatic carbocycles. The predicted molar refractivity (Wildman–Crippen MR) is 44.1 cm³/mol. The molecular formula is C7H15N3O. The minimum Gasteiger partial charge on any atom is -0.302 e. The Kier molecular flexibility index (Phi) is 2.44. The zero-order valence-electron chi connectivity index (χ0n) is 7.32. The van der Waals surface area contributed by atoms with E-state index in [1.807, 2.05) is 13.8 Å². The van der Waals surface area contributed by atoms with Crippen LogP contribution in [-0.2, 0) is 0 Å². The third-order valence-corrected chi connectivity index (χ3v) is 2.15. The summed E-state index contributed by atoms with van der Waals surface area (Å²) >= 11 is 0. The van der Waals surface area contributed by atoms with Gasteiger partial charge in [-0.05, 0) is 20.9 Å². The Balaban J connectivity index is 2.58. The Bertz CT molecular complexity index is 139. The van der Waals surface area contributed by atoms with E-state index in [4.69, 9.17) is 0 Å². The zero-order chi connectivity index (χ0) is 8.43. The van der Waals surface area contributed by atoms with Gasteiger partial charge in [0.25, 0.3) is 0 Å². The SMILES string of the molecule is CC1CN(C)CC(C)N1N=O. The maximum Gasteiger partial charge on any atom is 0.0605 e. The van der Waals surface area contributed by atoms with Crippen molar-refractivity contribution in [3.05, 3.63) is 4.91 Å². The highest BCUT2D eigenvalue weighted by Gasteiger charge is 2.27. The van der Waals surface area contributed by atoms with E-state index in [1.165, 1.54) is 0 Å². The maximum absolute atomic E-state index is 10.3. The van der Waals surface area contributed by atoms with Gasteiger partial charge in [-0.15, -0.1) is 4.91 Å². The zero-order valence-corrected chi connectivity index (χ0v) is 7.32. The van der Waals surface area contributed by atoms with Gasteiger partial charge in [0.05, 0.1) is 17.4 Å². The molecule has 0 bridgehead atoms. The molecule has 0 aromatic heterocycles. The van der Waals surface area contributed by atoms with Crippen molar-refractivity contribution in [1.29, 1.82) is 0 Å². The summed E-state index contributed by atoms with van der Waals surface area (Å²) in [5.41, 5.74) is 0. The highest BCUT2D eigenvalue weighted by atomic mass is 16.3. The second kappa shape index (κ2) is 3.17. The van der Waals surface area contributed by atoms with Crippen LogP contribution in [0.15, 0.2) is 5.29 Å². The van der Waals surface area contributed by atoms with Crippen LogP contribution in [0.25, 0.3) is 0 Å². The van der Waals surface area contributed by atoms with Gasteiger partial charge in [-0.3, -0.25) is 5.01 Å². The van der Waals surface area contributed by atoms with Crippen molar-refractivity contribution in [1.82, 2.24) is 9.91 Å². The van der Waals surface area contributed by atoms with Crippen molar-refractivity contribution in [2.45, 2.75) is 25.9 Å². The van der Waals surface area contributed by atoms with E-state index < -0.39 is 0 Å². The molecule has 11 heavy (non-hydrogen) atoms. The molecule has 0 radical (unpaired) electrons. The largest absolute Gasteiger partial charge is 0.302 e. The van der Waals surface area contributed by atoms with Crippen molar-refractivity contribution >= 4 is 0 Å². The number of hydrogen-bond acceptors (Lipinski definition) is 3. The van der Waals surface area contributed by atoms with Crippen LogP contribution >= 0.6 is 0 Å². The first-order valence-corrected chi connectivity index (χ1v) is 3.95. The number of hydrogen-bond donors (Lipinski definition) is 0.